The summed E-state index contributed by atoms with van der Waals surface area (Å²) in [6, 6.07) is 8.01. The van der Waals surface area contributed by atoms with E-state index in [0.717, 1.165) is 30.8 Å². The average Bonchev–Trinajstić information content (AvgIpc) is 2.46. The van der Waals surface area contributed by atoms with E-state index in [9.17, 15) is 4.79 Å². The summed E-state index contributed by atoms with van der Waals surface area (Å²) in [6.45, 7) is 6.95. The lowest BCUT2D eigenvalue weighted by Gasteiger charge is -2.34. The molecule has 0 aromatic heterocycles. The van der Waals surface area contributed by atoms with Crippen LogP contribution >= 0.6 is 0 Å². The van der Waals surface area contributed by atoms with Gasteiger partial charge in [0.1, 0.15) is 17.5 Å². The van der Waals surface area contributed by atoms with Gasteiger partial charge in [-0.1, -0.05) is 6.07 Å². The first-order chi connectivity index (χ1) is 10.7. The van der Waals surface area contributed by atoms with Crippen LogP contribution in [0.3, 0.4) is 0 Å². The number of hydrogen-bond acceptors (Lipinski definition) is 4. The van der Waals surface area contributed by atoms with Gasteiger partial charge in [-0.2, -0.15) is 0 Å². The van der Waals surface area contributed by atoms with Gasteiger partial charge in [-0.05, 0) is 45.7 Å². The maximum Gasteiger partial charge on any atom is 0.410 e. The molecule has 2 rings (SSSR count). The summed E-state index contributed by atoms with van der Waals surface area (Å²) in [5, 5.41) is 0. The number of carbonyl (C=O) groups is 1. The minimum atomic E-state index is -0.467. The summed E-state index contributed by atoms with van der Waals surface area (Å²) in [5.41, 5.74) is 0.632. The van der Waals surface area contributed by atoms with Gasteiger partial charge in [-0.3, -0.25) is 0 Å². The minimum Gasteiger partial charge on any atom is -0.489 e. The Kier molecular flexibility index (Phi) is 5.39. The lowest BCUT2D eigenvalue weighted by atomic mass is 10.1. The van der Waals surface area contributed by atoms with Crippen LogP contribution in [0, 0.1) is 0 Å². The summed E-state index contributed by atoms with van der Waals surface area (Å²) in [6.07, 6.45) is 1.63. The van der Waals surface area contributed by atoms with E-state index < -0.39 is 5.60 Å². The van der Waals surface area contributed by atoms with Gasteiger partial charge in [0.2, 0.25) is 0 Å². The Balaban J connectivity index is 1.96. The van der Waals surface area contributed by atoms with Crippen molar-refractivity contribution in [3.63, 3.8) is 0 Å². The molecule has 1 aromatic rings. The van der Waals surface area contributed by atoms with E-state index in [0.29, 0.717) is 6.54 Å². The van der Waals surface area contributed by atoms with Crippen molar-refractivity contribution in [1.82, 2.24) is 4.90 Å². The van der Waals surface area contributed by atoms with Gasteiger partial charge in [-0.25, -0.2) is 4.79 Å². The van der Waals surface area contributed by atoms with Crippen LogP contribution in [0.1, 0.15) is 33.6 Å². The molecule has 1 atom stereocenters. The molecule has 0 aliphatic carbocycles. The molecule has 5 nitrogen and oxygen atoms in total. The van der Waals surface area contributed by atoms with Crippen molar-refractivity contribution in [3.05, 3.63) is 24.3 Å². The largest absolute Gasteiger partial charge is 0.489 e. The first-order valence-corrected chi connectivity index (χ1v) is 8.16. The Morgan fingerprint density at radius 2 is 2.04 bits per heavy atom. The van der Waals surface area contributed by atoms with Crippen LogP contribution in [0.15, 0.2) is 24.3 Å². The highest BCUT2D eigenvalue weighted by molar-refractivity contribution is 5.68. The molecule has 1 aliphatic heterocycles. The van der Waals surface area contributed by atoms with Gasteiger partial charge in [0.15, 0.2) is 0 Å². The van der Waals surface area contributed by atoms with Crippen LogP contribution in [0.5, 0.6) is 5.75 Å². The van der Waals surface area contributed by atoms with E-state index in [1.54, 1.807) is 4.90 Å². The molecule has 5 heteroatoms. The Bertz CT molecular complexity index is 537. The highest BCUT2D eigenvalue weighted by atomic mass is 16.6. The van der Waals surface area contributed by atoms with E-state index >= 15 is 0 Å². The Labute approximate surface area is 139 Å². The number of anilines is 1. The second-order valence-corrected chi connectivity index (χ2v) is 7.20. The molecular formula is C18H28N2O3. The minimum absolute atomic E-state index is 0.00804. The normalized spacial score (nSPS) is 18.5. The Morgan fingerprint density at radius 3 is 2.70 bits per heavy atom. The lowest BCUT2D eigenvalue weighted by molar-refractivity contribution is 0.00776. The first kappa shape index (κ1) is 17.4. The SMILES string of the molecule is CN(C)c1cccc(OC2CCCN(C(=O)OC(C)(C)C)C2)c1. The van der Waals surface area contributed by atoms with Gasteiger partial charge in [0.25, 0.3) is 0 Å². The zero-order valence-corrected chi connectivity index (χ0v) is 14.8. The first-order valence-electron chi connectivity index (χ1n) is 8.16. The zero-order valence-electron chi connectivity index (χ0n) is 14.8. The maximum atomic E-state index is 12.2. The monoisotopic (exact) mass is 320 g/mol. The van der Waals surface area contributed by atoms with E-state index in [1.165, 1.54) is 0 Å². The number of piperidine rings is 1. The Hall–Kier alpha value is -1.91. The molecule has 1 saturated heterocycles. The molecule has 1 aliphatic rings. The molecule has 1 unspecified atom stereocenters. The molecule has 0 bridgehead atoms. The number of rotatable bonds is 3. The lowest BCUT2D eigenvalue weighted by Crippen LogP contribution is -2.46. The van der Waals surface area contributed by atoms with Gasteiger partial charge in [-0.15, -0.1) is 0 Å². The molecule has 1 fully saturated rings. The topological polar surface area (TPSA) is 42.0 Å². The summed E-state index contributed by atoms with van der Waals surface area (Å²) in [7, 11) is 4.01. The predicted octanol–water partition coefficient (Wildman–Crippen LogP) is 3.53. The number of benzene rings is 1. The number of ether oxygens (including phenoxy) is 2. The molecule has 0 N–H and O–H groups in total. The average molecular weight is 320 g/mol. The van der Waals surface area contributed by atoms with Crippen LogP contribution in [-0.2, 0) is 4.74 Å². The van der Waals surface area contributed by atoms with Crippen LogP contribution in [0.4, 0.5) is 10.5 Å². The van der Waals surface area contributed by atoms with Gasteiger partial charge in [0, 0.05) is 32.4 Å². The third-order valence-electron chi connectivity index (χ3n) is 3.67. The van der Waals surface area contributed by atoms with Crippen molar-refractivity contribution in [1.29, 1.82) is 0 Å². The van der Waals surface area contributed by atoms with Crippen LogP contribution in [0.25, 0.3) is 0 Å². The Morgan fingerprint density at radius 1 is 1.30 bits per heavy atom. The van der Waals surface area contributed by atoms with Crippen molar-refractivity contribution in [2.45, 2.75) is 45.3 Å². The molecule has 1 aromatic carbocycles. The third-order valence-corrected chi connectivity index (χ3v) is 3.67. The third kappa shape index (κ3) is 5.34. The second kappa shape index (κ2) is 7.11. The van der Waals surface area contributed by atoms with Gasteiger partial charge >= 0.3 is 6.09 Å². The van der Waals surface area contributed by atoms with Crippen LogP contribution in [0.2, 0.25) is 0 Å². The summed E-state index contributed by atoms with van der Waals surface area (Å²) in [4.78, 5) is 16.0. The highest BCUT2D eigenvalue weighted by Gasteiger charge is 2.28. The number of likely N-dealkylation sites (tertiary alicyclic amines) is 1. The number of amides is 1. The van der Waals surface area contributed by atoms with E-state index in [4.69, 9.17) is 9.47 Å². The van der Waals surface area contributed by atoms with Crippen molar-refractivity contribution in [3.8, 4) is 5.75 Å². The molecular weight excluding hydrogens is 292 g/mol. The second-order valence-electron chi connectivity index (χ2n) is 7.20. The van der Waals surface area contributed by atoms with Gasteiger partial charge < -0.3 is 19.3 Å². The maximum absolute atomic E-state index is 12.2. The zero-order chi connectivity index (χ0) is 17.0. The number of carbonyl (C=O) groups excluding carboxylic acids is 1. The van der Waals surface area contributed by atoms with E-state index in [-0.39, 0.29) is 12.2 Å². The molecule has 23 heavy (non-hydrogen) atoms. The number of hydrogen-bond donors (Lipinski definition) is 0. The molecule has 1 amide bonds. The molecule has 128 valence electrons. The molecule has 0 spiro atoms. The van der Waals surface area contributed by atoms with Crippen molar-refractivity contribution in [2.75, 3.05) is 32.1 Å². The molecule has 0 saturated carbocycles. The van der Waals surface area contributed by atoms with Crippen LogP contribution < -0.4 is 9.64 Å². The number of nitrogens with zero attached hydrogens (tertiary/aromatic N) is 2. The van der Waals surface area contributed by atoms with E-state index in [1.807, 2.05) is 64.0 Å². The fourth-order valence-corrected chi connectivity index (χ4v) is 2.55. The highest BCUT2D eigenvalue weighted by Crippen LogP contribution is 2.23. The van der Waals surface area contributed by atoms with Crippen molar-refractivity contribution >= 4 is 11.8 Å². The molecule has 0 radical (unpaired) electrons. The predicted molar refractivity (Wildman–Crippen MR) is 92.2 cm³/mol. The van der Waals surface area contributed by atoms with E-state index in [2.05, 4.69) is 0 Å². The van der Waals surface area contributed by atoms with Gasteiger partial charge in [0.05, 0.1) is 6.54 Å². The summed E-state index contributed by atoms with van der Waals surface area (Å²) in [5.74, 6) is 0.840. The van der Waals surface area contributed by atoms with Crippen molar-refractivity contribution in [2.24, 2.45) is 0 Å². The quantitative estimate of drug-likeness (QED) is 0.854. The summed E-state index contributed by atoms with van der Waals surface area (Å²) < 4.78 is 11.5. The van der Waals surface area contributed by atoms with Crippen LogP contribution in [-0.4, -0.2) is 49.9 Å². The fraction of sp³-hybridized carbons (Fsp3) is 0.611. The smallest absolute Gasteiger partial charge is 0.410 e. The summed E-state index contributed by atoms with van der Waals surface area (Å²) >= 11 is 0. The standard InChI is InChI=1S/C18H28N2O3/c1-18(2,3)23-17(21)20-11-7-10-16(13-20)22-15-9-6-8-14(12-15)19(4)5/h6,8-9,12,16H,7,10-11,13H2,1-5H3. The molecule has 1 heterocycles. The fourth-order valence-electron chi connectivity index (χ4n) is 2.55. The van der Waals surface area contributed by atoms with Crippen molar-refractivity contribution < 1.29 is 14.3 Å².